The van der Waals surface area contributed by atoms with Gasteiger partial charge in [-0.25, -0.2) is 9.18 Å². The lowest BCUT2D eigenvalue weighted by atomic mass is 10.2. The number of benzene rings is 1. The molecule has 0 spiro atoms. The summed E-state index contributed by atoms with van der Waals surface area (Å²) in [7, 11) is 0. The Balaban J connectivity index is 2.95. The third kappa shape index (κ3) is 2.91. The van der Waals surface area contributed by atoms with Gasteiger partial charge in [-0.1, -0.05) is 0 Å². The van der Waals surface area contributed by atoms with Crippen LogP contribution in [0.2, 0.25) is 0 Å². The molecule has 6 nitrogen and oxygen atoms in total. The molecule has 1 amide bonds. The van der Waals surface area contributed by atoms with Gasteiger partial charge < -0.3 is 4.74 Å². The van der Waals surface area contributed by atoms with Gasteiger partial charge in [0.1, 0.15) is 11.5 Å². The number of nitro groups is 1. The van der Waals surface area contributed by atoms with Gasteiger partial charge in [0.15, 0.2) is 0 Å². The second-order valence-electron chi connectivity index (χ2n) is 2.76. The lowest BCUT2D eigenvalue weighted by Gasteiger charge is -2.05. The fraction of sp³-hybridized carbons (Fsp3) is 0.222. The summed E-state index contributed by atoms with van der Waals surface area (Å²) in [5.41, 5.74) is -0.627. The van der Waals surface area contributed by atoms with Gasteiger partial charge in [0.2, 0.25) is 0 Å². The number of nitrogens with one attached hydrogen (secondary N) is 1. The molecular formula is C9H9FN2O4. The smallest absolute Gasteiger partial charge is 0.411 e. The number of amides is 1. The predicted molar refractivity (Wildman–Crippen MR) is 53.7 cm³/mol. The predicted octanol–water partition coefficient (Wildman–Crippen LogP) is 2.30. The monoisotopic (exact) mass is 228 g/mol. The topological polar surface area (TPSA) is 81.5 Å². The Kier molecular flexibility index (Phi) is 3.76. The second kappa shape index (κ2) is 5.06. The molecule has 0 saturated carbocycles. The van der Waals surface area contributed by atoms with Crippen LogP contribution in [0, 0.1) is 15.9 Å². The summed E-state index contributed by atoms with van der Waals surface area (Å²) in [6.45, 7) is 1.74. The van der Waals surface area contributed by atoms with E-state index in [0.717, 1.165) is 18.2 Å². The van der Waals surface area contributed by atoms with Crippen molar-refractivity contribution >= 4 is 17.5 Å². The Morgan fingerprint density at radius 2 is 2.31 bits per heavy atom. The van der Waals surface area contributed by atoms with Gasteiger partial charge >= 0.3 is 6.09 Å². The Morgan fingerprint density at radius 1 is 1.62 bits per heavy atom. The first-order valence-corrected chi connectivity index (χ1v) is 4.42. The Bertz CT molecular complexity index is 422. The number of carbonyl (C=O) groups is 1. The molecule has 1 aromatic rings. The summed E-state index contributed by atoms with van der Waals surface area (Å²) in [6.07, 6.45) is -0.822. The third-order valence-corrected chi connectivity index (χ3v) is 1.67. The lowest BCUT2D eigenvalue weighted by molar-refractivity contribution is -0.384. The van der Waals surface area contributed by atoms with E-state index in [-0.39, 0.29) is 12.3 Å². The zero-order chi connectivity index (χ0) is 12.1. The molecule has 0 aliphatic rings. The molecule has 0 unspecified atom stereocenters. The molecule has 16 heavy (non-hydrogen) atoms. The first-order chi connectivity index (χ1) is 7.54. The van der Waals surface area contributed by atoms with Crippen molar-refractivity contribution in [1.82, 2.24) is 0 Å². The van der Waals surface area contributed by atoms with Crippen LogP contribution in [0.1, 0.15) is 6.92 Å². The van der Waals surface area contributed by atoms with Crippen LogP contribution in [0.4, 0.5) is 20.6 Å². The minimum Gasteiger partial charge on any atom is -0.450 e. The Morgan fingerprint density at radius 3 is 2.88 bits per heavy atom. The number of ether oxygens (including phenoxy) is 1. The van der Waals surface area contributed by atoms with Crippen molar-refractivity contribution in [2.45, 2.75) is 6.92 Å². The van der Waals surface area contributed by atoms with E-state index in [1.54, 1.807) is 6.92 Å². The van der Waals surface area contributed by atoms with Crippen LogP contribution in [0.25, 0.3) is 0 Å². The van der Waals surface area contributed by atoms with Crippen molar-refractivity contribution in [2.75, 3.05) is 11.9 Å². The van der Waals surface area contributed by atoms with Gasteiger partial charge in [-0.05, 0) is 19.1 Å². The molecule has 0 aliphatic carbocycles. The van der Waals surface area contributed by atoms with E-state index in [0.29, 0.717) is 0 Å². The van der Waals surface area contributed by atoms with Crippen molar-refractivity contribution in [2.24, 2.45) is 0 Å². The van der Waals surface area contributed by atoms with E-state index < -0.39 is 22.5 Å². The molecule has 0 bridgehead atoms. The maximum absolute atomic E-state index is 12.7. The molecule has 0 radical (unpaired) electrons. The van der Waals surface area contributed by atoms with Crippen molar-refractivity contribution in [3.8, 4) is 0 Å². The molecule has 7 heteroatoms. The summed E-state index contributed by atoms with van der Waals surface area (Å²) in [5, 5.41) is 12.7. The molecule has 86 valence electrons. The third-order valence-electron chi connectivity index (χ3n) is 1.67. The highest BCUT2D eigenvalue weighted by Gasteiger charge is 2.17. The van der Waals surface area contributed by atoms with Gasteiger partial charge in [0.05, 0.1) is 17.6 Å². The maximum Gasteiger partial charge on any atom is 0.411 e. The first-order valence-electron chi connectivity index (χ1n) is 4.42. The summed E-state index contributed by atoms with van der Waals surface area (Å²) < 4.78 is 17.3. The van der Waals surface area contributed by atoms with E-state index in [2.05, 4.69) is 10.1 Å². The van der Waals surface area contributed by atoms with Crippen molar-refractivity contribution < 1.29 is 18.8 Å². The zero-order valence-corrected chi connectivity index (χ0v) is 8.40. The minimum absolute atomic E-state index is 0.107. The molecule has 0 atom stereocenters. The van der Waals surface area contributed by atoms with Crippen LogP contribution in [0.15, 0.2) is 18.2 Å². The van der Waals surface area contributed by atoms with Gasteiger partial charge in [0, 0.05) is 0 Å². The van der Waals surface area contributed by atoms with E-state index in [9.17, 15) is 19.3 Å². The van der Waals surface area contributed by atoms with Crippen LogP contribution < -0.4 is 5.32 Å². The number of anilines is 1. The van der Waals surface area contributed by atoms with Crippen LogP contribution >= 0.6 is 0 Å². The molecule has 0 saturated heterocycles. The molecular weight excluding hydrogens is 219 g/mol. The fourth-order valence-electron chi connectivity index (χ4n) is 1.04. The number of halogens is 1. The van der Waals surface area contributed by atoms with Crippen molar-refractivity contribution in [3.63, 3.8) is 0 Å². The van der Waals surface area contributed by atoms with Crippen molar-refractivity contribution in [3.05, 3.63) is 34.1 Å². The van der Waals surface area contributed by atoms with Crippen molar-refractivity contribution in [1.29, 1.82) is 0 Å². The van der Waals surface area contributed by atoms with Gasteiger partial charge in [-0.3, -0.25) is 15.4 Å². The number of carbonyl (C=O) groups excluding carboxylic acids is 1. The molecule has 1 rings (SSSR count). The number of hydrogen-bond donors (Lipinski definition) is 1. The highest BCUT2D eigenvalue weighted by atomic mass is 19.1. The molecule has 1 aromatic carbocycles. The van der Waals surface area contributed by atoms with E-state index in [4.69, 9.17) is 0 Å². The van der Waals surface area contributed by atoms with E-state index in [1.165, 1.54) is 0 Å². The van der Waals surface area contributed by atoms with E-state index >= 15 is 0 Å². The standard InChI is InChI=1S/C9H9FN2O4/c1-2-16-9(13)11-7-4-3-6(10)5-8(7)12(14)15/h3-5H,2H2,1H3,(H,11,13). The largest absolute Gasteiger partial charge is 0.450 e. The maximum atomic E-state index is 12.7. The number of rotatable bonds is 3. The molecule has 1 N–H and O–H groups in total. The highest BCUT2D eigenvalue weighted by Crippen LogP contribution is 2.24. The molecule has 0 heterocycles. The first kappa shape index (κ1) is 11.9. The molecule has 0 fully saturated rings. The zero-order valence-electron chi connectivity index (χ0n) is 8.40. The van der Waals surface area contributed by atoms with Crippen LogP contribution in [-0.2, 0) is 4.74 Å². The lowest BCUT2D eigenvalue weighted by Crippen LogP contribution is -2.14. The highest BCUT2D eigenvalue weighted by molar-refractivity contribution is 5.87. The van der Waals surface area contributed by atoms with Gasteiger partial charge in [-0.2, -0.15) is 0 Å². The fourth-order valence-corrected chi connectivity index (χ4v) is 1.04. The van der Waals surface area contributed by atoms with Crippen LogP contribution in [0.3, 0.4) is 0 Å². The van der Waals surface area contributed by atoms with Crippen LogP contribution in [0.5, 0.6) is 0 Å². The minimum atomic E-state index is -0.822. The van der Waals surface area contributed by atoms with Crippen LogP contribution in [-0.4, -0.2) is 17.6 Å². The average Bonchev–Trinajstić information content (AvgIpc) is 2.20. The van der Waals surface area contributed by atoms with E-state index in [1.807, 2.05) is 0 Å². The number of nitro benzene ring substituents is 1. The van der Waals surface area contributed by atoms with Gasteiger partial charge in [0.25, 0.3) is 5.69 Å². The summed E-state index contributed by atoms with van der Waals surface area (Å²) in [6, 6.07) is 2.83. The normalized spacial score (nSPS) is 9.62. The summed E-state index contributed by atoms with van der Waals surface area (Å²) in [4.78, 5) is 20.8. The summed E-state index contributed by atoms with van der Waals surface area (Å²) in [5.74, 6) is -0.749. The SMILES string of the molecule is CCOC(=O)Nc1ccc(F)cc1[N+](=O)[O-]. The average molecular weight is 228 g/mol. The Labute approximate surface area is 90.2 Å². The number of hydrogen-bond acceptors (Lipinski definition) is 4. The summed E-state index contributed by atoms with van der Waals surface area (Å²) >= 11 is 0. The quantitative estimate of drug-likeness (QED) is 0.635. The molecule has 0 aromatic heterocycles. The van der Waals surface area contributed by atoms with Gasteiger partial charge in [-0.15, -0.1) is 0 Å². The number of nitrogens with zero attached hydrogens (tertiary/aromatic N) is 1. The molecule has 0 aliphatic heterocycles. The second-order valence-corrected chi connectivity index (χ2v) is 2.76. The Hall–Kier alpha value is -2.18.